The van der Waals surface area contributed by atoms with Crippen LogP contribution in [0.3, 0.4) is 0 Å². The molecule has 1 aliphatic rings. The van der Waals surface area contributed by atoms with Crippen LogP contribution in [0.2, 0.25) is 0 Å². The summed E-state index contributed by atoms with van der Waals surface area (Å²) in [5.74, 6) is 1.16. The van der Waals surface area contributed by atoms with Gasteiger partial charge in [0.25, 0.3) is 0 Å². The van der Waals surface area contributed by atoms with E-state index in [1.807, 2.05) is 48.4 Å². The molecular formula is C29H35N5O. The molecule has 4 rings (SSSR count). The number of carbonyl (C=O) groups is 1. The van der Waals surface area contributed by atoms with Gasteiger partial charge in [0.15, 0.2) is 0 Å². The first-order valence-electron chi connectivity index (χ1n) is 12.5. The van der Waals surface area contributed by atoms with Crippen LogP contribution in [0.15, 0.2) is 48.7 Å². The van der Waals surface area contributed by atoms with Crippen LogP contribution in [0.25, 0.3) is 0 Å². The van der Waals surface area contributed by atoms with Crippen molar-refractivity contribution in [1.82, 2.24) is 14.5 Å². The average Bonchev–Trinajstić information content (AvgIpc) is 3.20. The number of aromatic nitrogens is 2. The normalized spacial score (nSPS) is 16.5. The number of rotatable bonds is 8. The quantitative estimate of drug-likeness (QED) is 0.458. The third kappa shape index (κ3) is 5.31. The van der Waals surface area contributed by atoms with Crippen LogP contribution in [-0.2, 0) is 17.9 Å². The zero-order valence-corrected chi connectivity index (χ0v) is 21.3. The predicted octanol–water partition coefficient (Wildman–Crippen LogP) is 5.14. The van der Waals surface area contributed by atoms with E-state index in [9.17, 15) is 4.79 Å². The molecule has 3 aromatic rings. The van der Waals surface area contributed by atoms with Gasteiger partial charge in [0, 0.05) is 38.1 Å². The maximum absolute atomic E-state index is 13.8. The van der Waals surface area contributed by atoms with E-state index in [-0.39, 0.29) is 11.9 Å². The Hall–Kier alpha value is -3.43. The Morgan fingerprint density at radius 3 is 2.54 bits per heavy atom. The first-order valence-corrected chi connectivity index (χ1v) is 12.5. The number of anilines is 1. The number of unbranched alkanes of at least 4 members (excludes halogenated alkanes) is 1. The maximum atomic E-state index is 13.8. The average molecular weight is 470 g/mol. The maximum Gasteiger partial charge on any atom is 0.244 e. The van der Waals surface area contributed by atoms with Crippen molar-refractivity contribution in [3.05, 3.63) is 82.4 Å². The van der Waals surface area contributed by atoms with Gasteiger partial charge in [0.1, 0.15) is 5.82 Å². The second-order valence-corrected chi connectivity index (χ2v) is 9.53. The van der Waals surface area contributed by atoms with Crippen LogP contribution in [0, 0.1) is 32.1 Å². The number of amides is 1. The van der Waals surface area contributed by atoms with Crippen molar-refractivity contribution in [2.75, 3.05) is 18.0 Å². The Labute approximate surface area is 208 Å². The first kappa shape index (κ1) is 24.7. The van der Waals surface area contributed by atoms with E-state index in [1.54, 1.807) is 0 Å². The molecule has 35 heavy (non-hydrogen) atoms. The molecule has 0 saturated carbocycles. The highest BCUT2D eigenvalue weighted by Crippen LogP contribution is 2.28. The Kier molecular flexibility index (Phi) is 7.67. The zero-order valence-electron chi connectivity index (χ0n) is 21.3. The Morgan fingerprint density at radius 1 is 1.06 bits per heavy atom. The summed E-state index contributed by atoms with van der Waals surface area (Å²) >= 11 is 0. The fraction of sp³-hybridized carbons (Fsp3) is 0.414. The smallest absolute Gasteiger partial charge is 0.244 e. The summed E-state index contributed by atoms with van der Waals surface area (Å²) in [4.78, 5) is 22.7. The van der Waals surface area contributed by atoms with E-state index in [0.717, 1.165) is 48.6 Å². The van der Waals surface area contributed by atoms with Crippen LogP contribution >= 0.6 is 0 Å². The minimum absolute atomic E-state index is 0.137. The second-order valence-electron chi connectivity index (χ2n) is 9.53. The number of hydrogen-bond acceptors (Lipinski definition) is 4. The van der Waals surface area contributed by atoms with Gasteiger partial charge in [-0.1, -0.05) is 44.0 Å². The highest BCUT2D eigenvalue weighted by molar-refractivity contribution is 5.98. The minimum Gasteiger partial charge on any atom is -0.327 e. The van der Waals surface area contributed by atoms with Crippen molar-refractivity contribution in [2.45, 2.75) is 66.1 Å². The number of imidazole rings is 1. The zero-order chi connectivity index (χ0) is 24.9. The van der Waals surface area contributed by atoms with Crippen LogP contribution in [0.5, 0.6) is 0 Å². The van der Waals surface area contributed by atoms with Gasteiger partial charge >= 0.3 is 0 Å². The summed E-state index contributed by atoms with van der Waals surface area (Å²) in [7, 11) is 0. The standard InChI is InChI=1S/C29H35N5O/c1-5-6-9-28-29(35)33(27-10-7-8-21(2)22(27)3)16-15-32(28)20-26-18-31-23(4)34(26)19-25-13-11-24(17-30)12-14-25/h7-8,10-14,18,28H,5-6,9,15-16,19-20H2,1-4H3/t28-/m0/s1. The number of hydrogen-bond donors (Lipinski definition) is 0. The molecule has 0 spiro atoms. The summed E-state index contributed by atoms with van der Waals surface area (Å²) in [6.07, 6.45) is 4.89. The van der Waals surface area contributed by atoms with Crippen LogP contribution in [-0.4, -0.2) is 39.5 Å². The van der Waals surface area contributed by atoms with E-state index in [0.29, 0.717) is 25.2 Å². The number of aryl methyl sites for hydroxylation is 2. The topological polar surface area (TPSA) is 65.2 Å². The molecule has 0 unspecified atom stereocenters. The van der Waals surface area contributed by atoms with Gasteiger partial charge in [-0.2, -0.15) is 5.26 Å². The number of piperazine rings is 1. The molecule has 1 aromatic heterocycles. The monoisotopic (exact) mass is 469 g/mol. The fourth-order valence-electron chi connectivity index (χ4n) is 4.92. The molecule has 6 heteroatoms. The molecule has 6 nitrogen and oxygen atoms in total. The molecule has 0 N–H and O–H groups in total. The van der Waals surface area contributed by atoms with Crippen molar-refractivity contribution in [3.8, 4) is 6.07 Å². The van der Waals surface area contributed by atoms with E-state index in [1.165, 1.54) is 11.1 Å². The number of carbonyl (C=O) groups excluding carboxylic acids is 1. The first-order chi connectivity index (χ1) is 16.9. The molecule has 1 fully saturated rings. The van der Waals surface area contributed by atoms with Gasteiger partial charge in [0.05, 0.1) is 23.4 Å². The third-order valence-corrected chi connectivity index (χ3v) is 7.23. The Balaban J connectivity index is 1.56. The van der Waals surface area contributed by atoms with Gasteiger partial charge in [-0.3, -0.25) is 9.69 Å². The number of nitriles is 1. The largest absolute Gasteiger partial charge is 0.327 e. The number of nitrogens with zero attached hydrogens (tertiary/aromatic N) is 5. The highest BCUT2D eigenvalue weighted by atomic mass is 16.2. The van der Waals surface area contributed by atoms with Gasteiger partial charge in [0.2, 0.25) is 5.91 Å². The van der Waals surface area contributed by atoms with Crippen LogP contribution in [0.1, 0.15) is 60.0 Å². The SMILES string of the molecule is CCCC[C@H]1C(=O)N(c2cccc(C)c2C)CCN1Cc1cnc(C)n1Cc1ccc(C#N)cc1. The molecule has 182 valence electrons. The van der Waals surface area contributed by atoms with Crippen molar-refractivity contribution >= 4 is 11.6 Å². The molecule has 0 radical (unpaired) electrons. The van der Waals surface area contributed by atoms with Crippen molar-refractivity contribution in [1.29, 1.82) is 5.26 Å². The molecule has 1 saturated heterocycles. The Bertz CT molecular complexity index is 1220. The van der Waals surface area contributed by atoms with Crippen molar-refractivity contribution < 1.29 is 4.79 Å². The van der Waals surface area contributed by atoms with Crippen molar-refractivity contribution in [2.24, 2.45) is 0 Å². The molecule has 1 amide bonds. The summed E-state index contributed by atoms with van der Waals surface area (Å²) < 4.78 is 2.22. The van der Waals surface area contributed by atoms with E-state index in [4.69, 9.17) is 5.26 Å². The summed E-state index contributed by atoms with van der Waals surface area (Å²) in [5, 5.41) is 9.08. The second kappa shape index (κ2) is 10.9. The lowest BCUT2D eigenvalue weighted by molar-refractivity contribution is -0.126. The Morgan fingerprint density at radius 2 is 1.83 bits per heavy atom. The predicted molar refractivity (Wildman–Crippen MR) is 139 cm³/mol. The van der Waals surface area contributed by atoms with E-state index >= 15 is 0 Å². The molecule has 1 atom stereocenters. The molecule has 0 aliphatic carbocycles. The third-order valence-electron chi connectivity index (χ3n) is 7.23. The molecular weight excluding hydrogens is 434 g/mol. The lowest BCUT2D eigenvalue weighted by Crippen LogP contribution is -2.57. The van der Waals surface area contributed by atoms with E-state index < -0.39 is 0 Å². The summed E-state index contributed by atoms with van der Waals surface area (Å²) in [5.41, 5.74) is 6.34. The van der Waals surface area contributed by atoms with Gasteiger partial charge in [-0.25, -0.2) is 4.98 Å². The number of benzene rings is 2. The lowest BCUT2D eigenvalue weighted by atomic mass is 10.0. The molecule has 2 heterocycles. The van der Waals surface area contributed by atoms with Crippen LogP contribution in [0.4, 0.5) is 5.69 Å². The molecule has 2 aromatic carbocycles. The summed E-state index contributed by atoms with van der Waals surface area (Å²) in [6.45, 7) is 11.3. The highest BCUT2D eigenvalue weighted by Gasteiger charge is 2.36. The lowest BCUT2D eigenvalue weighted by Gasteiger charge is -2.41. The molecule has 1 aliphatic heterocycles. The molecule has 0 bridgehead atoms. The van der Waals surface area contributed by atoms with Gasteiger partial charge in [-0.05, 0) is 62.1 Å². The van der Waals surface area contributed by atoms with Gasteiger partial charge < -0.3 is 9.47 Å². The van der Waals surface area contributed by atoms with Crippen molar-refractivity contribution in [3.63, 3.8) is 0 Å². The van der Waals surface area contributed by atoms with Crippen LogP contribution < -0.4 is 4.90 Å². The minimum atomic E-state index is -0.137. The van der Waals surface area contributed by atoms with E-state index in [2.05, 4.69) is 53.4 Å². The fourth-order valence-corrected chi connectivity index (χ4v) is 4.92. The van der Waals surface area contributed by atoms with Gasteiger partial charge in [-0.15, -0.1) is 0 Å². The summed E-state index contributed by atoms with van der Waals surface area (Å²) in [6, 6.07) is 16.0.